The molecular weight excluding hydrogens is 208 g/mol. The molecule has 0 fully saturated rings. The lowest BCUT2D eigenvalue weighted by Crippen LogP contribution is -2.09. The standard InChI is InChI=1S/C11H20N2O3/c1-3-4-13-10-11(9-12-13)16-8-7-15-6-5-14-2/h9-10H,3-8H2,1-2H3. The van der Waals surface area contributed by atoms with Gasteiger partial charge in [0.2, 0.25) is 0 Å². The predicted molar refractivity (Wildman–Crippen MR) is 60.7 cm³/mol. The van der Waals surface area contributed by atoms with E-state index in [9.17, 15) is 0 Å². The highest BCUT2D eigenvalue weighted by molar-refractivity contribution is 5.11. The Bertz CT molecular complexity index is 276. The Balaban J connectivity index is 2.07. The van der Waals surface area contributed by atoms with Crippen molar-refractivity contribution in [2.45, 2.75) is 19.9 Å². The molecule has 0 amide bonds. The van der Waals surface area contributed by atoms with Gasteiger partial charge in [0.1, 0.15) is 6.61 Å². The molecule has 5 heteroatoms. The van der Waals surface area contributed by atoms with Crippen molar-refractivity contribution in [1.29, 1.82) is 0 Å². The van der Waals surface area contributed by atoms with E-state index in [0.29, 0.717) is 26.4 Å². The fraction of sp³-hybridized carbons (Fsp3) is 0.727. The Labute approximate surface area is 96.3 Å². The third-order valence-electron chi connectivity index (χ3n) is 1.99. The maximum atomic E-state index is 5.46. The second kappa shape index (κ2) is 8.13. The summed E-state index contributed by atoms with van der Waals surface area (Å²) in [6, 6.07) is 0. The Morgan fingerprint density at radius 1 is 1.25 bits per heavy atom. The molecule has 0 aliphatic carbocycles. The molecule has 1 aromatic heterocycles. The Morgan fingerprint density at radius 3 is 2.81 bits per heavy atom. The van der Waals surface area contributed by atoms with Crippen molar-refractivity contribution in [3.63, 3.8) is 0 Å². The van der Waals surface area contributed by atoms with E-state index in [1.54, 1.807) is 13.3 Å². The fourth-order valence-electron chi connectivity index (χ4n) is 1.23. The molecule has 0 bridgehead atoms. The molecule has 92 valence electrons. The lowest BCUT2D eigenvalue weighted by Gasteiger charge is -2.04. The van der Waals surface area contributed by atoms with Crippen molar-refractivity contribution < 1.29 is 14.2 Å². The van der Waals surface area contributed by atoms with E-state index in [1.807, 2.05) is 10.9 Å². The average molecular weight is 228 g/mol. The smallest absolute Gasteiger partial charge is 0.157 e. The molecule has 0 atom stereocenters. The highest BCUT2D eigenvalue weighted by Gasteiger charge is 1.98. The second-order valence-corrected chi connectivity index (χ2v) is 3.39. The van der Waals surface area contributed by atoms with Crippen molar-refractivity contribution in [2.24, 2.45) is 0 Å². The van der Waals surface area contributed by atoms with E-state index in [-0.39, 0.29) is 0 Å². The molecule has 0 aliphatic heterocycles. The third-order valence-corrected chi connectivity index (χ3v) is 1.99. The summed E-state index contributed by atoms with van der Waals surface area (Å²) in [7, 11) is 1.65. The number of nitrogens with zero attached hydrogens (tertiary/aromatic N) is 2. The molecule has 0 aliphatic rings. The number of methoxy groups -OCH3 is 1. The van der Waals surface area contributed by atoms with Gasteiger partial charge in [0.15, 0.2) is 5.75 Å². The van der Waals surface area contributed by atoms with Gasteiger partial charge in [-0.15, -0.1) is 0 Å². The summed E-state index contributed by atoms with van der Waals surface area (Å²) in [5.74, 6) is 0.795. The first-order valence-corrected chi connectivity index (χ1v) is 5.58. The molecule has 1 heterocycles. The molecule has 0 unspecified atom stereocenters. The predicted octanol–water partition coefficient (Wildman–Crippen LogP) is 1.33. The quantitative estimate of drug-likeness (QED) is 0.598. The summed E-state index contributed by atoms with van der Waals surface area (Å²) >= 11 is 0. The summed E-state index contributed by atoms with van der Waals surface area (Å²) < 4.78 is 17.5. The van der Waals surface area contributed by atoms with Crippen LogP contribution in [-0.2, 0) is 16.0 Å². The van der Waals surface area contributed by atoms with Crippen molar-refractivity contribution in [2.75, 3.05) is 33.5 Å². The largest absolute Gasteiger partial charge is 0.488 e. The minimum atomic E-state index is 0.543. The van der Waals surface area contributed by atoms with Gasteiger partial charge in [-0.05, 0) is 6.42 Å². The molecule has 0 spiro atoms. The summed E-state index contributed by atoms with van der Waals surface area (Å²) in [6.07, 6.45) is 4.70. The van der Waals surface area contributed by atoms with Crippen LogP contribution in [0.5, 0.6) is 5.75 Å². The molecule has 5 nitrogen and oxygen atoms in total. The number of ether oxygens (including phenoxy) is 3. The van der Waals surface area contributed by atoms with Gasteiger partial charge in [0.25, 0.3) is 0 Å². The van der Waals surface area contributed by atoms with Gasteiger partial charge < -0.3 is 14.2 Å². The Kier molecular flexibility index (Phi) is 6.60. The molecular formula is C11H20N2O3. The molecule has 0 radical (unpaired) electrons. The molecule has 1 aromatic rings. The summed E-state index contributed by atoms with van der Waals surface area (Å²) in [5.41, 5.74) is 0. The number of rotatable bonds is 9. The number of aryl methyl sites for hydroxylation is 1. The van der Waals surface area contributed by atoms with Gasteiger partial charge in [-0.25, -0.2) is 0 Å². The third kappa shape index (κ3) is 5.14. The number of aromatic nitrogens is 2. The van der Waals surface area contributed by atoms with Crippen LogP contribution in [0.3, 0.4) is 0 Å². The van der Waals surface area contributed by atoms with E-state index in [2.05, 4.69) is 12.0 Å². The molecule has 0 N–H and O–H groups in total. The second-order valence-electron chi connectivity index (χ2n) is 3.39. The van der Waals surface area contributed by atoms with Crippen LogP contribution in [-0.4, -0.2) is 43.3 Å². The number of hydrogen-bond acceptors (Lipinski definition) is 4. The van der Waals surface area contributed by atoms with Crippen LogP contribution in [0.15, 0.2) is 12.4 Å². The first-order valence-electron chi connectivity index (χ1n) is 5.58. The average Bonchev–Trinajstić information content (AvgIpc) is 2.72. The van der Waals surface area contributed by atoms with Crippen molar-refractivity contribution >= 4 is 0 Å². The van der Waals surface area contributed by atoms with Crippen molar-refractivity contribution in [1.82, 2.24) is 9.78 Å². The Morgan fingerprint density at radius 2 is 2.06 bits per heavy atom. The first-order chi connectivity index (χ1) is 7.86. The van der Waals surface area contributed by atoms with Crippen LogP contribution in [0, 0.1) is 0 Å². The first kappa shape index (κ1) is 13.0. The summed E-state index contributed by atoms with van der Waals surface area (Å²) in [5, 5.41) is 4.17. The Hall–Kier alpha value is -1.07. The van der Waals surface area contributed by atoms with E-state index in [1.165, 1.54) is 0 Å². The molecule has 0 aromatic carbocycles. The van der Waals surface area contributed by atoms with E-state index in [4.69, 9.17) is 14.2 Å². The van der Waals surface area contributed by atoms with E-state index < -0.39 is 0 Å². The van der Waals surface area contributed by atoms with Crippen LogP contribution < -0.4 is 4.74 Å². The SMILES string of the molecule is CCCn1cc(OCCOCCOC)cn1. The highest BCUT2D eigenvalue weighted by atomic mass is 16.5. The monoisotopic (exact) mass is 228 g/mol. The maximum Gasteiger partial charge on any atom is 0.157 e. The van der Waals surface area contributed by atoms with Gasteiger partial charge in [-0.3, -0.25) is 4.68 Å². The van der Waals surface area contributed by atoms with Gasteiger partial charge in [-0.1, -0.05) is 6.92 Å². The summed E-state index contributed by atoms with van der Waals surface area (Å²) in [4.78, 5) is 0. The van der Waals surface area contributed by atoms with Crippen LogP contribution in [0.2, 0.25) is 0 Å². The van der Waals surface area contributed by atoms with Crippen LogP contribution in [0.1, 0.15) is 13.3 Å². The van der Waals surface area contributed by atoms with Gasteiger partial charge in [-0.2, -0.15) is 5.10 Å². The zero-order valence-electron chi connectivity index (χ0n) is 10.0. The van der Waals surface area contributed by atoms with Crippen LogP contribution in [0.25, 0.3) is 0 Å². The van der Waals surface area contributed by atoms with Crippen molar-refractivity contribution in [3.8, 4) is 5.75 Å². The lowest BCUT2D eigenvalue weighted by molar-refractivity contribution is 0.0544. The minimum Gasteiger partial charge on any atom is -0.488 e. The van der Waals surface area contributed by atoms with E-state index in [0.717, 1.165) is 18.7 Å². The van der Waals surface area contributed by atoms with Crippen LogP contribution in [0.4, 0.5) is 0 Å². The maximum absolute atomic E-state index is 5.46. The van der Waals surface area contributed by atoms with Crippen molar-refractivity contribution in [3.05, 3.63) is 12.4 Å². The van der Waals surface area contributed by atoms with Gasteiger partial charge in [0, 0.05) is 13.7 Å². The topological polar surface area (TPSA) is 45.5 Å². The number of hydrogen-bond donors (Lipinski definition) is 0. The minimum absolute atomic E-state index is 0.543. The van der Waals surface area contributed by atoms with Gasteiger partial charge in [0.05, 0.1) is 32.2 Å². The molecule has 0 saturated heterocycles. The molecule has 16 heavy (non-hydrogen) atoms. The zero-order valence-corrected chi connectivity index (χ0v) is 10.0. The summed E-state index contributed by atoms with van der Waals surface area (Å²) in [6.45, 7) is 5.38. The zero-order chi connectivity index (χ0) is 11.6. The molecule has 0 saturated carbocycles. The van der Waals surface area contributed by atoms with Crippen LogP contribution >= 0.6 is 0 Å². The fourth-order valence-corrected chi connectivity index (χ4v) is 1.23. The highest BCUT2D eigenvalue weighted by Crippen LogP contribution is 2.08. The molecule has 1 rings (SSSR count). The van der Waals surface area contributed by atoms with E-state index >= 15 is 0 Å². The van der Waals surface area contributed by atoms with Gasteiger partial charge >= 0.3 is 0 Å². The normalized spacial score (nSPS) is 10.6. The lowest BCUT2D eigenvalue weighted by atomic mass is 10.5.